The maximum Gasteiger partial charge on any atom is 0.140 e. The van der Waals surface area contributed by atoms with E-state index in [4.69, 9.17) is 4.74 Å². The van der Waals surface area contributed by atoms with Gasteiger partial charge in [0, 0.05) is 34.8 Å². The van der Waals surface area contributed by atoms with Crippen molar-refractivity contribution < 1.29 is 8.95 Å². The van der Waals surface area contributed by atoms with Crippen molar-refractivity contribution in [3.63, 3.8) is 0 Å². The predicted octanol–water partition coefficient (Wildman–Crippen LogP) is 6.18. The van der Waals surface area contributed by atoms with Crippen molar-refractivity contribution in [1.82, 2.24) is 9.55 Å². The lowest BCUT2D eigenvalue weighted by Gasteiger charge is -2.30. The average Bonchev–Trinajstić information content (AvgIpc) is 3.46. The summed E-state index contributed by atoms with van der Waals surface area (Å²) in [6.45, 7) is 0.433. The number of thiazole rings is 1. The summed E-state index contributed by atoms with van der Waals surface area (Å²) in [6, 6.07) is 16.8. The van der Waals surface area contributed by atoms with E-state index in [0.29, 0.717) is 18.2 Å². The lowest BCUT2D eigenvalue weighted by atomic mass is 9.92. The molecule has 1 N–H and O–H groups in total. The van der Waals surface area contributed by atoms with Crippen LogP contribution in [0.25, 0.3) is 22.2 Å². The number of nitrogens with one attached hydrogen (secondary N) is 1. The van der Waals surface area contributed by atoms with Crippen LogP contribution in [0.3, 0.4) is 0 Å². The molecule has 2 aromatic carbocycles. The minimum absolute atomic E-state index is 0.276. The molecule has 2 fully saturated rings. The highest BCUT2D eigenvalue weighted by Gasteiger charge is 2.29. The Kier molecular flexibility index (Phi) is 5.60. The van der Waals surface area contributed by atoms with E-state index < -0.39 is 11.0 Å². The molecule has 0 amide bonds. The quantitative estimate of drug-likeness (QED) is 0.321. The molecule has 172 valence electrons. The van der Waals surface area contributed by atoms with Crippen LogP contribution in [0.4, 0.5) is 5.69 Å². The largest absolute Gasteiger partial charge is 0.486 e. The van der Waals surface area contributed by atoms with Gasteiger partial charge in [-0.3, -0.25) is 0 Å². The first-order chi connectivity index (χ1) is 16.7. The van der Waals surface area contributed by atoms with Gasteiger partial charge < -0.3 is 14.0 Å². The van der Waals surface area contributed by atoms with Crippen LogP contribution in [0.15, 0.2) is 54.0 Å². The number of rotatable bonds is 8. The Labute approximate surface area is 204 Å². The third kappa shape index (κ3) is 3.99. The highest BCUT2D eigenvalue weighted by atomic mass is 32.2. The Balaban J connectivity index is 1.38. The monoisotopic (exact) mass is 488 g/mol. The van der Waals surface area contributed by atoms with E-state index in [-0.39, 0.29) is 5.25 Å². The first kappa shape index (κ1) is 21.4. The number of nitrogens with zero attached hydrogens (tertiary/aromatic N) is 3. The molecule has 1 unspecified atom stereocenters. The number of benzene rings is 2. The second kappa shape index (κ2) is 8.90. The van der Waals surface area contributed by atoms with Gasteiger partial charge in [-0.25, -0.2) is 9.19 Å². The number of ether oxygens (including phenoxy) is 1. The molecule has 4 aromatic rings. The molecule has 6 nitrogen and oxygen atoms in total. The average molecular weight is 489 g/mol. The molecule has 0 aliphatic heterocycles. The number of anilines is 1. The number of aromatic nitrogens is 2. The van der Waals surface area contributed by atoms with Crippen LogP contribution in [0.1, 0.15) is 48.7 Å². The number of fused-ring (bicyclic) bond motifs is 1. The number of nitriles is 1. The van der Waals surface area contributed by atoms with Crippen molar-refractivity contribution in [2.75, 3.05) is 4.72 Å². The molecule has 2 heterocycles. The highest BCUT2D eigenvalue weighted by molar-refractivity contribution is 7.87. The Morgan fingerprint density at radius 2 is 2.00 bits per heavy atom. The lowest BCUT2D eigenvalue weighted by molar-refractivity contribution is 0.304. The van der Waals surface area contributed by atoms with Crippen molar-refractivity contribution in [3.05, 3.63) is 64.6 Å². The third-order valence-corrected chi connectivity index (χ3v) is 8.84. The van der Waals surface area contributed by atoms with Crippen LogP contribution in [-0.4, -0.2) is 19.0 Å². The molecule has 0 spiro atoms. The molecular formula is C26H24N4O2S2. The fourth-order valence-electron chi connectivity index (χ4n) is 4.45. The van der Waals surface area contributed by atoms with Gasteiger partial charge in [-0.05, 0) is 61.9 Å². The van der Waals surface area contributed by atoms with Gasteiger partial charge in [-0.2, -0.15) is 5.26 Å². The van der Waals surface area contributed by atoms with Gasteiger partial charge in [0.1, 0.15) is 34.4 Å². The summed E-state index contributed by atoms with van der Waals surface area (Å²) in [5, 5.41) is 14.3. The van der Waals surface area contributed by atoms with Gasteiger partial charge >= 0.3 is 0 Å². The molecule has 6 rings (SSSR count). The van der Waals surface area contributed by atoms with Crippen LogP contribution in [0.5, 0.6) is 5.75 Å². The minimum atomic E-state index is -1.03. The number of hydrogen-bond acceptors (Lipinski definition) is 5. The first-order valence-corrected chi connectivity index (χ1v) is 13.7. The zero-order chi connectivity index (χ0) is 23.1. The Bertz CT molecular complexity index is 1400. The molecule has 0 saturated heterocycles. The molecule has 34 heavy (non-hydrogen) atoms. The summed E-state index contributed by atoms with van der Waals surface area (Å²) in [7, 11) is -1.03. The fourth-order valence-corrected chi connectivity index (χ4v) is 6.08. The summed E-state index contributed by atoms with van der Waals surface area (Å²) < 4.78 is 23.7. The fraction of sp³-hybridized carbons (Fsp3) is 0.308. The van der Waals surface area contributed by atoms with Crippen molar-refractivity contribution in [3.8, 4) is 23.1 Å². The summed E-state index contributed by atoms with van der Waals surface area (Å²) in [4.78, 5) is 4.29. The second-order valence-corrected chi connectivity index (χ2v) is 11.3. The predicted molar refractivity (Wildman–Crippen MR) is 136 cm³/mol. The van der Waals surface area contributed by atoms with Crippen LogP contribution >= 0.6 is 11.3 Å². The lowest BCUT2D eigenvalue weighted by Crippen LogP contribution is -2.17. The highest BCUT2D eigenvalue weighted by Crippen LogP contribution is 2.43. The topological polar surface area (TPSA) is 79.9 Å². The second-order valence-electron chi connectivity index (χ2n) is 8.86. The van der Waals surface area contributed by atoms with Crippen molar-refractivity contribution >= 4 is 38.9 Å². The molecule has 2 saturated carbocycles. The van der Waals surface area contributed by atoms with E-state index in [1.807, 2.05) is 41.8 Å². The zero-order valence-corrected chi connectivity index (χ0v) is 20.2. The van der Waals surface area contributed by atoms with E-state index in [2.05, 4.69) is 26.4 Å². The van der Waals surface area contributed by atoms with Crippen LogP contribution in [0.2, 0.25) is 0 Å². The molecule has 0 bridgehead atoms. The van der Waals surface area contributed by atoms with Gasteiger partial charge in [0.2, 0.25) is 0 Å². The van der Waals surface area contributed by atoms with E-state index in [1.165, 1.54) is 6.42 Å². The number of hydrogen-bond donors (Lipinski definition) is 1. The molecule has 8 heteroatoms. The van der Waals surface area contributed by atoms with Crippen LogP contribution in [0, 0.1) is 11.3 Å². The van der Waals surface area contributed by atoms with E-state index >= 15 is 0 Å². The first-order valence-electron chi connectivity index (χ1n) is 11.6. The van der Waals surface area contributed by atoms with Gasteiger partial charge in [0.15, 0.2) is 0 Å². The van der Waals surface area contributed by atoms with E-state index in [0.717, 1.165) is 64.3 Å². The molecular weight excluding hydrogens is 464 g/mol. The van der Waals surface area contributed by atoms with Gasteiger partial charge in [-0.1, -0.05) is 12.1 Å². The molecule has 2 aliphatic rings. The molecule has 2 aliphatic carbocycles. The Morgan fingerprint density at radius 3 is 2.65 bits per heavy atom. The molecule has 0 radical (unpaired) electrons. The maximum atomic E-state index is 12.2. The smallest absolute Gasteiger partial charge is 0.140 e. The SMILES string of the molecule is N#Cc1c(-c2ccc(NS(=O)C3CC3)cc2)n(C2CCC2)c2cc(OCc3nccs3)ccc12. The van der Waals surface area contributed by atoms with Gasteiger partial charge in [-0.15, -0.1) is 11.3 Å². The summed E-state index contributed by atoms with van der Waals surface area (Å²) in [6.07, 6.45) is 7.24. The maximum absolute atomic E-state index is 12.2. The normalized spacial score (nSPS) is 16.7. The Hall–Kier alpha value is -3.15. The summed E-state index contributed by atoms with van der Waals surface area (Å²) >= 11 is 1.58. The van der Waals surface area contributed by atoms with Crippen molar-refractivity contribution in [2.24, 2.45) is 0 Å². The van der Waals surface area contributed by atoms with Crippen LogP contribution < -0.4 is 9.46 Å². The van der Waals surface area contributed by atoms with Crippen molar-refractivity contribution in [1.29, 1.82) is 5.26 Å². The van der Waals surface area contributed by atoms with E-state index in [1.54, 1.807) is 17.5 Å². The third-order valence-electron chi connectivity index (χ3n) is 6.58. The standard InChI is InChI=1S/C26H24N4O2S2/c27-15-23-22-11-8-20(32-16-25-28-12-13-33-25)14-24(22)30(19-2-1-3-19)26(23)17-4-6-18(7-5-17)29-34(31)21-9-10-21/h4-8,11-14,19,21,29H,1-3,9-10,16H2. The van der Waals surface area contributed by atoms with Gasteiger partial charge in [0.05, 0.1) is 22.0 Å². The van der Waals surface area contributed by atoms with Crippen molar-refractivity contribution in [2.45, 2.75) is 50.0 Å². The summed E-state index contributed by atoms with van der Waals surface area (Å²) in [5.74, 6) is 0.777. The van der Waals surface area contributed by atoms with Crippen LogP contribution in [-0.2, 0) is 17.6 Å². The summed E-state index contributed by atoms with van der Waals surface area (Å²) in [5.41, 5.74) is 4.51. The molecule has 1 atom stereocenters. The minimum Gasteiger partial charge on any atom is -0.486 e. The van der Waals surface area contributed by atoms with E-state index in [9.17, 15) is 9.47 Å². The molecule has 2 aromatic heterocycles. The zero-order valence-electron chi connectivity index (χ0n) is 18.6. The Morgan fingerprint density at radius 1 is 1.18 bits per heavy atom. The van der Waals surface area contributed by atoms with Gasteiger partial charge in [0.25, 0.3) is 0 Å².